The number of ether oxygens (including phenoxy) is 2. The average Bonchev–Trinajstić information content (AvgIpc) is 3.25. The van der Waals surface area contributed by atoms with Crippen molar-refractivity contribution < 1.29 is 25.2 Å². The molecule has 0 radical (unpaired) electrons. The van der Waals surface area contributed by atoms with Crippen molar-refractivity contribution in [2.45, 2.75) is 48.0 Å². The van der Waals surface area contributed by atoms with Crippen molar-refractivity contribution >= 4 is 45.8 Å². The number of phenolic OH excluding ortho intramolecular Hbond substituents is 2. The van der Waals surface area contributed by atoms with Crippen LogP contribution in [0, 0.1) is 0 Å². The summed E-state index contributed by atoms with van der Waals surface area (Å²) in [5.41, 5.74) is 15.0. The van der Waals surface area contributed by atoms with Gasteiger partial charge in [-0.3, -0.25) is 0 Å². The molecule has 300 valence electrons. The number of phenols is 2. The first-order valence-electron chi connectivity index (χ1n) is 19.7. The molecule has 0 bridgehead atoms. The monoisotopic (exact) mass is 818 g/mol. The van der Waals surface area contributed by atoms with Gasteiger partial charge in [-0.25, -0.2) is 0 Å². The molecule has 0 saturated carbocycles. The maximum Gasteiger partial charge on any atom is 0.120 e. The van der Waals surface area contributed by atoms with Gasteiger partial charge in [-0.1, -0.05) is 112 Å². The molecule has 2 aliphatic heterocycles. The average molecular weight is 819 g/mol. The molecule has 0 spiro atoms. The van der Waals surface area contributed by atoms with Crippen LogP contribution in [0.25, 0.3) is 22.3 Å². The van der Waals surface area contributed by atoms with Gasteiger partial charge in [-0.2, -0.15) is 0 Å². The lowest BCUT2D eigenvalue weighted by Crippen LogP contribution is -2.03. The van der Waals surface area contributed by atoms with E-state index < -0.39 is 0 Å². The summed E-state index contributed by atoms with van der Waals surface area (Å²) >= 11 is 3.68. The fourth-order valence-corrected chi connectivity index (χ4v) is 9.76. The third-order valence-corrected chi connectivity index (χ3v) is 12.5. The molecule has 5 nitrogen and oxygen atoms in total. The van der Waals surface area contributed by atoms with Crippen LogP contribution in [0.4, 0.5) is 0 Å². The molecule has 2 heterocycles. The summed E-state index contributed by atoms with van der Waals surface area (Å²) in [6.45, 7) is 12.9. The minimum absolute atomic E-state index is 0. The highest BCUT2D eigenvalue weighted by Gasteiger charge is 2.23. The molecular weight excluding hydrogens is 769 g/mol. The van der Waals surface area contributed by atoms with Gasteiger partial charge in [0.25, 0.3) is 0 Å². The Bertz CT molecular complexity index is 2310. The van der Waals surface area contributed by atoms with Crippen LogP contribution >= 0.6 is 23.5 Å². The SMILES string of the molecule is C=CCOc1ccc2c(c1)SCc1ccccc1/C(CC)=C\2c1ccc(O)cc1.C=CCOc1ccc2c(c1)SCc1ccccc1/C(CC)=C\2c1ccc(O)cc1.O. The van der Waals surface area contributed by atoms with Crippen molar-refractivity contribution in [3.05, 3.63) is 203 Å². The maximum absolute atomic E-state index is 9.81. The predicted molar refractivity (Wildman–Crippen MR) is 249 cm³/mol. The first kappa shape index (κ1) is 42.7. The summed E-state index contributed by atoms with van der Waals surface area (Å²) in [7, 11) is 0. The summed E-state index contributed by atoms with van der Waals surface area (Å²) in [5, 5.41) is 19.6. The van der Waals surface area contributed by atoms with E-state index in [1.165, 1.54) is 65.5 Å². The van der Waals surface area contributed by atoms with Gasteiger partial charge in [0, 0.05) is 21.3 Å². The molecule has 8 rings (SSSR count). The van der Waals surface area contributed by atoms with Crippen molar-refractivity contribution in [2.24, 2.45) is 0 Å². The first-order valence-corrected chi connectivity index (χ1v) is 21.6. The molecule has 4 N–H and O–H groups in total. The number of hydrogen-bond acceptors (Lipinski definition) is 6. The van der Waals surface area contributed by atoms with Gasteiger partial charge >= 0.3 is 0 Å². The second-order valence-corrected chi connectivity index (χ2v) is 15.9. The number of aromatic hydroxyl groups is 2. The van der Waals surface area contributed by atoms with Crippen molar-refractivity contribution in [2.75, 3.05) is 13.2 Å². The third-order valence-electron chi connectivity index (χ3n) is 10.3. The Labute approximate surface area is 356 Å². The summed E-state index contributed by atoms with van der Waals surface area (Å²) in [5.74, 6) is 4.10. The van der Waals surface area contributed by atoms with Crippen molar-refractivity contribution in [1.29, 1.82) is 0 Å². The lowest BCUT2D eigenvalue weighted by atomic mass is 9.86. The molecule has 0 aliphatic carbocycles. The number of thioether (sulfide) groups is 2. The highest BCUT2D eigenvalue weighted by molar-refractivity contribution is 7.98. The van der Waals surface area contributed by atoms with E-state index in [0.717, 1.165) is 47.0 Å². The minimum atomic E-state index is 0. The topological polar surface area (TPSA) is 90.4 Å². The van der Waals surface area contributed by atoms with Gasteiger partial charge in [-0.15, -0.1) is 23.5 Å². The molecule has 0 unspecified atom stereocenters. The largest absolute Gasteiger partial charge is 0.508 e. The maximum atomic E-state index is 9.81. The fourth-order valence-electron chi connectivity index (χ4n) is 7.58. The van der Waals surface area contributed by atoms with Crippen LogP contribution in [-0.4, -0.2) is 28.9 Å². The highest BCUT2D eigenvalue weighted by atomic mass is 32.2. The van der Waals surface area contributed by atoms with E-state index in [-0.39, 0.29) is 17.0 Å². The molecule has 59 heavy (non-hydrogen) atoms. The van der Waals surface area contributed by atoms with Crippen LogP contribution in [0.3, 0.4) is 0 Å². The van der Waals surface area contributed by atoms with Crippen molar-refractivity contribution in [3.8, 4) is 23.0 Å². The molecule has 0 fully saturated rings. The Hall–Kier alpha value is -5.86. The Balaban J connectivity index is 0.000000195. The van der Waals surface area contributed by atoms with Gasteiger partial charge in [0.15, 0.2) is 0 Å². The van der Waals surface area contributed by atoms with Gasteiger partial charge < -0.3 is 25.2 Å². The Morgan fingerprint density at radius 3 is 1.29 bits per heavy atom. The molecule has 2 aliphatic rings. The highest BCUT2D eigenvalue weighted by Crippen LogP contribution is 2.46. The second kappa shape index (κ2) is 20.2. The molecule has 0 aromatic heterocycles. The Morgan fingerprint density at radius 2 is 0.915 bits per heavy atom. The summed E-state index contributed by atoms with van der Waals surface area (Å²) in [4.78, 5) is 2.41. The molecule has 0 saturated heterocycles. The molecular formula is C52H50O5S2. The summed E-state index contributed by atoms with van der Waals surface area (Å²) in [6, 6.07) is 45.0. The minimum Gasteiger partial charge on any atom is -0.508 e. The zero-order chi connectivity index (χ0) is 40.4. The Kier molecular flexibility index (Phi) is 14.6. The van der Waals surface area contributed by atoms with Gasteiger partial charge in [0.05, 0.1) is 0 Å². The number of fused-ring (bicyclic) bond motifs is 4. The summed E-state index contributed by atoms with van der Waals surface area (Å²) < 4.78 is 11.6. The summed E-state index contributed by atoms with van der Waals surface area (Å²) in [6.07, 6.45) is 5.37. The zero-order valence-electron chi connectivity index (χ0n) is 33.5. The molecule has 0 amide bonds. The molecule has 0 atom stereocenters. The predicted octanol–water partition coefficient (Wildman–Crippen LogP) is 13.0. The standard InChI is InChI=1S/2C26H24O2S.H2O/c2*1-3-15-28-21-13-14-24-25(16-21)29-17-19-7-5-6-8-23(19)22(4-2)26(24)18-9-11-20(27)12-10-18;/h2*3,5-14,16,27H,1,4,15,17H2,2H3;1H2/b2*26-22-;. The zero-order valence-corrected chi connectivity index (χ0v) is 35.2. The molecule has 6 aromatic rings. The van der Waals surface area contributed by atoms with E-state index in [1.54, 1.807) is 36.4 Å². The smallest absolute Gasteiger partial charge is 0.120 e. The van der Waals surface area contributed by atoms with Crippen molar-refractivity contribution in [3.63, 3.8) is 0 Å². The fraction of sp³-hybridized carbons (Fsp3) is 0.154. The lowest BCUT2D eigenvalue weighted by Gasteiger charge is -2.24. The van der Waals surface area contributed by atoms with Crippen LogP contribution in [0.1, 0.15) is 71.2 Å². The molecule has 7 heteroatoms. The van der Waals surface area contributed by atoms with Gasteiger partial charge in [-0.05, 0) is 140 Å². The van der Waals surface area contributed by atoms with E-state index in [2.05, 4.69) is 99.8 Å². The first-order chi connectivity index (χ1) is 28.4. The lowest BCUT2D eigenvalue weighted by molar-refractivity contribution is 0.362. The van der Waals surface area contributed by atoms with Crippen LogP contribution in [0.2, 0.25) is 0 Å². The van der Waals surface area contributed by atoms with E-state index in [0.29, 0.717) is 13.2 Å². The number of rotatable bonds is 10. The normalized spacial score (nSPS) is 15.4. The molecule has 6 aromatic carbocycles. The quantitative estimate of drug-likeness (QED) is 0.134. The van der Waals surface area contributed by atoms with Gasteiger partial charge in [0.1, 0.15) is 36.2 Å². The van der Waals surface area contributed by atoms with Gasteiger partial charge in [0.2, 0.25) is 0 Å². The van der Waals surface area contributed by atoms with E-state index in [1.807, 2.05) is 59.9 Å². The number of allylic oxidation sites excluding steroid dienone is 2. The van der Waals surface area contributed by atoms with E-state index >= 15 is 0 Å². The third kappa shape index (κ3) is 9.72. The van der Waals surface area contributed by atoms with Crippen molar-refractivity contribution in [1.82, 2.24) is 0 Å². The van der Waals surface area contributed by atoms with Crippen LogP contribution < -0.4 is 9.47 Å². The van der Waals surface area contributed by atoms with Crippen LogP contribution in [-0.2, 0) is 11.5 Å². The number of hydrogen-bond donors (Lipinski definition) is 2. The second-order valence-electron chi connectivity index (χ2n) is 13.9. The van der Waals surface area contributed by atoms with E-state index in [4.69, 9.17) is 9.47 Å². The van der Waals surface area contributed by atoms with Crippen LogP contribution in [0.5, 0.6) is 23.0 Å². The number of benzene rings is 6. The Morgan fingerprint density at radius 1 is 0.525 bits per heavy atom. The van der Waals surface area contributed by atoms with E-state index in [9.17, 15) is 10.2 Å². The van der Waals surface area contributed by atoms with Crippen LogP contribution in [0.15, 0.2) is 169 Å².